The summed E-state index contributed by atoms with van der Waals surface area (Å²) in [5.74, 6) is 0.954. The second-order valence-corrected chi connectivity index (χ2v) is 10.9. The van der Waals surface area contributed by atoms with Crippen molar-refractivity contribution in [2.24, 2.45) is 4.99 Å². The SMILES string of the molecule is CCOc1ccc([C@H]2C(C(=O)Nc3ccccc3)=C(C)N=c3s/c(=C\c4ccc(-c5ccccc5[N+](=O)[O-])o4)c(=O)n32)cc1. The number of hydrogen-bond acceptors (Lipinski definition) is 8. The molecule has 1 aliphatic heterocycles. The molecule has 1 atom stereocenters. The lowest BCUT2D eigenvalue weighted by Gasteiger charge is -2.25. The van der Waals surface area contributed by atoms with E-state index in [9.17, 15) is 19.7 Å². The number of allylic oxidation sites excluding steroid dienone is 1. The van der Waals surface area contributed by atoms with Crippen LogP contribution in [0.4, 0.5) is 11.4 Å². The summed E-state index contributed by atoms with van der Waals surface area (Å²) in [5, 5.41) is 14.5. The van der Waals surface area contributed by atoms with Crippen LogP contribution in [0.25, 0.3) is 17.4 Å². The molecule has 5 aromatic rings. The number of fused-ring (bicyclic) bond motifs is 1. The van der Waals surface area contributed by atoms with Gasteiger partial charge in [0, 0.05) is 17.8 Å². The summed E-state index contributed by atoms with van der Waals surface area (Å²) >= 11 is 1.17. The molecule has 6 rings (SSSR count). The Morgan fingerprint density at radius 1 is 1.07 bits per heavy atom. The number of ether oxygens (including phenoxy) is 1. The number of furan rings is 1. The van der Waals surface area contributed by atoms with Crippen molar-refractivity contribution in [3.05, 3.63) is 143 Å². The van der Waals surface area contributed by atoms with Gasteiger partial charge in [-0.1, -0.05) is 53.8 Å². The Morgan fingerprint density at radius 3 is 2.52 bits per heavy atom. The van der Waals surface area contributed by atoms with Gasteiger partial charge in [0.15, 0.2) is 4.80 Å². The van der Waals surface area contributed by atoms with Crippen molar-refractivity contribution in [2.45, 2.75) is 19.9 Å². The zero-order valence-corrected chi connectivity index (χ0v) is 24.5. The molecule has 0 aliphatic carbocycles. The Hall–Kier alpha value is -5.55. The van der Waals surface area contributed by atoms with Gasteiger partial charge in [-0.3, -0.25) is 24.3 Å². The molecule has 0 spiro atoms. The topological polar surface area (TPSA) is 129 Å². The summed E-state index contributed by atoms with van der Waals surface area (Å²) < 4.78 is 13.4. The third kappa shape index (κ3) is 5.48. The van der Waals surface area contributed by atoms with Crippen molar-refractivity contribution < 1.29 is 18.9 Å². The monoisotopic (exact) mass is 606 g/mol. The summed E-state index contributed by atoms with van der Waals surface area (Å²) in [6, 6.07) is 25.2. The van der Waals surface area contributed by atoms with Crippen LogP contribution < -0.4 is 24.9 Å². The number of thiazole rings is 1. The number of nitro benzene ring substituents is 1. The van der Waals surface area contributed by atoms with E-state index >= 15 is 0 Å². The quantitative estimate of drug-likeness (QED) is 0.185. The van der Waals surface area contributed by atoms with Crippen LogP contribution in [0.1, 0.15) is 31.2 Å². The van der Waals surface area contributed by atoms with Crippen LogP contribution in [0.3, 0.4) is 0 Å². The number of aromatic nitrogens is 1. The highest BCUT2D eigenvalue weighted by Gasteiger charge is 2.32. The summed E-state index contributed by atoms with van der Waals surface area (Å²) in [4.78, 5) is 43.9. The highest BCUT2D eigenvalue weighted by Crippen LogP contribution is 2.33. The molecular formula is C33H26N4O6S. The minimum Gasteiger partial charge on any atom is -0.494 e. The van der Waals surface area contributed by atoms with Crippen molar-refractivity contribution in [1.82, 2.24) is 4.57 Å². The third-order valence-corrected chi connectivity index (χ3v) is 8.05. The Labute approximate surface area is 255 Å². The molecule has 0 unspecified atom stereocenters. The van der Waals surface area contributed by atoms with Crippen LogP contribution >= 0.6 is 11.3 Å². The molecule has 220 valence electrons. The van der Waals surface area contributed by atoms with E-state index in [2.05, 4.69) is 10.3 Å². The normalized spacial score (nSPS) is 14.6. The van der Waals surface area contributed by atoms with Crippen molar-refractivity contribution >= 4 is 34.7 Å². The van der Waals surface area contributed by atoms with Gasteiger partial charge in [-0.25, -0.2) is 4.99 Å². The Balaban J connectivity index is 1.45. The number of para-hydroxylation sites is 2. The number of benzene rings is 3. The maximum absolute atomic E-state index is 14.0. The second kappa shape index (κ2) is 12.0. The van der Waals surface area contributed by atoms with Gasteiger partial charge in [0.25, 0.3) is 17.2 Å². The molecule has 0 saturated carbocycles. The van der Waals surface area contributed by atoms with Gasteiger partial charge < -0.3 is 14.5 Å². The standard InChI is InChI=1S/C33H26N4O6S/c1-3-42-23-15-13-21(14-16-23)30-29(31(38)35-22-9-5-4-6-10-22)20(2)34-33-36(30)32(39)28(44-33)19-24-17-18-27(43-24)25-11-7-8-12-26(25)37(40)41/h4-19,30H,3H2,1-2H3,(H,35,38)/b28-19-/t30-/m0/s1. The molecule has 0 radical (unpaired) electrons. The van der Waals surface area contributed by atoms with E-state index in [0.29, 0.717) is 61.3 Å². The number of nitrogens with zero attached hydrogens (tertiary/aromatic N) is 3. The fraction of sp³-hybridized carbons (Fsp3) is 0.121. The summed E-state index contributed by atoms with van der Waals surface area (Å²) in [6.07, 6.45) is 1.58. The van der Waals surface area contributed by atoms with Crippen molar-refractivity contribution in [2.75, 3.05) is 11.9 Å². The molecule has 10 nitrogen and oxygen atoms in total. The first-order valence-corrected chi connectivity index (χ1v) is 14.6. The zero-order chi connectivity index (χ0) is 30.8. The highest BCUT2D eigenvalue weighted by atomic mass is 32.1. The van der Waals surface area contributed by atoms with Crippen molar-refractivity contribution in [1.29, 1.82) is 0 Å². The summed E-state index contributed by atoms with van der Waals surface area (Å²) in [7, 11) is 0. The van der Waals surface area contributed by atoms with Gasteiger partial charge in [0.2, 0.25) is 0 Å². The number of amides is 1. The predicted molar refractivity (Wildman–Crippen MR) is 167 cm³/mol. The average molecular weight is 607 g/mol. The van der Waals surface area contributed by atoms with Gasteiger partial charge in [-0.15, -0.1) is 0 Å². The maximum atomic E-state index is 14.0. The number of rotatable bonds is 8. The van der Waals surface area contributed by atoms with E-state index in [1.807, 2.05) is 49.4 Å². The molecular weight excluding hydrogens is 580 g/mol. The van der Waals surface area contributed by atoms with E-state index < -0.39 is 11.0 Å². The van der Waals surface area contributed by atoms with Crippen molar-refractivity contribution in [3.8, 4) is 17.1 Å². The van der Waals surface area contributed by atoms with E-state index in [1.54, 1.807) is 55.5 Å². The Bertz CT molecular complexity index is 2090. The smallest absolute Gasteiger partial charge is 0.280 e. The first kappa shape index (κ1) is 28.6. The van der Waals surface area contributed by atoms with Crippen LogP contribution in [-0.2, 0) is 4.79 Å². The number of nitrogens with one attached hydrogen (secondary N) is 1. The number of carbonyl (C=O) groups excluding carboxylic acids is 1. The summed E-state index contributed by atoms with van der Waals surface area (Å²) in [5.41, 5.74) is 2.06. The lowest BCUT2D eigenvalue weighted by molar-refractivity contribution is -0.384. The molecule has 1 N–H and O–H groups in total. The number of anilines is 1. The van der Waals surface area contributed by atoms with E-state index in [4.69, 9.17) is 9.15 Å². The fourth-order valence-electron chi connectivity index (χ4n) is 5.11. The molecule has 2 aromatic heterocycles. The lowest BCUT2D eigenvalue weighted by Crippen LogP contribution is -2.40. The van der Waals surface area contributed by atoms with Gasteiger partial charge in [0.1, 0.15) is 17.3 Å². The third-order valence-electron chi connectivity index (χ3n) is 7.07. The molecule has 1 aliphatic rings. The molecule has 3 heterocycles. The van der Waals surface area contributed by atoms with Gasteiger partial charge >= 0.3 is 0 Å². The average Bonchev–Trinajstić information content (AvgIpc) is 3.61. The summed E-state index contributed by atoms with van der Waals surface area (Å²) in [6.45, 7) is 4.15. The van der Waals surface area contributed by atoms with Crippen molar-refractivity contribution in [3.63, 3.8) is 0 Å². The zero-order valence-electron chi connectivity index (χ0n) is 23.7. The van der Waals surface area contributed by atoms with E-state index in [-0.39, 0.29) is 17.2 Å². The minimum atomic E-state index is -0.757. The molecule has 0 saturated heterocycles. The fourth-order valence-corrected chi connectivity index (χ4v) is 6.13. The van der Waals surface area contributed by atoms with Crippen LogP contribution in [0.2, 0.25) is 0 Å². The van der Waals surface area contributed by atoms with Crippen LogP contribution in [0.5, 0.6) is 5.75 Å². The molecule has 0 fully saturated rings. The molecule has 44 heavy (non-hydrogen) atoms. The van der Waals surface area contributed by atoms with Gasteiger partial charge in [-0.05, 0) is 61.9 Å². The number of hydrogen-bond donors (Lipinski definition) is 1. The Morgan fingerprint density at radius 2 is 1.80 bits per heavy atom. The van der Waals surface area contributed by atoms with E-state index in [1.165, 1.54) is 22.0 Å². The first-order chi connectivity index (χ1) is 21.3. The molecule has 0 bridgehead atoms. The minimum absolute atomic E-state index is 0.0834. The number of carbonyl (C=O) groups is 1. The predicted octanol–water partition coefficient (Wildman–Crippen LogP) is 5.44. The lowest BCUT2D eigenvalue weighted by atomic mass is 9.95. The van der Waals surface area contributed by atoms with E-state index in [0.717, 1.165) is 0 Å². The van der Waals surface area contributed by atoms with Gasteiger partial charge in [0.05, 0.1) is 38.9 Å². The molecule has 3 aromatic carbocycles. The first-order valence-electron chi connectivity index (χ1n) is 13.8. The largest absolute Gasteiger partial charge is 0.494 e. The highest BCUT2D eigenvalue weighted by molar-refractivity contribution is 7.07. The van der Waals surface area contributed by atoms with Crippen LogP contribution in [0, 0.1) is 10.1 Å². The second-order valence-electron chi connectivity index (χ2n) is 9.88. The molecule has 11 heteroatoms. The molecule has 1 amide bonds. The maximum Gasteiger partial charge on any atom is 0.280 e. The van der Waals surface area contributed by atoms with Crippen LogP contribution in [-0.4, -0.2) is 22.0 Å². The Kier molecular flexibility index (Phi) is 7.78. The van der Waals surface area contributed by atoms with Crippen LogP contribution in [0.15, 0.2) is 116 Å². The number of nitro groups is 1. The van der Waals surface area contributed by atoms with Gasteiger partial charge in [-0.2, -0.15) is 0 Å².